The highest BCUT2D eigenvalue weighted by atomic mass is 16.5. The predicted octanol–water partition coefficient (Wildman–Crippen LogP) is 2.40. The van der Waals surface area contributed by atoms with Crippen molar-refractivity contribution in [2.45, 2.75) is 19.3 Å². The molecule has 0 aliphatic carbocycles. The molecule has 0 fully saturated rings. The van der Waals surface area contributed by atoms with Crippen LogP contribution in [-0.4, -0.2) is 31.1 Å². The highest BCUT2D eigenvalue weighted by Crippen LogP contribution is 2.33. The Morgan fingerprint density at radius 3 is 3.06 bits per heavy atom. The summed E-state index contributed by atoms with van der Waals surface area (Å²) in [4.78, 5) is 2.32. The number of benzene rings is 1. The van der Waals surface area contributed by atoms with Gasteiger partial charge in [0.05, 0.1) is 12.7 Å². The van der Waals surface area contributed by atoms with Gasteiger partial charge in [-0.1, -0.05) is 25.1 Å². The predicted molar refractivity (Wildman–Crippen MR) is 67.0 cm³/mol. The molecule has 3 nitrogen and oxygen atoms in total. The van der Waals surface area contributed by atoms with Crippen LogP contribution in [-0.2, 0) is 0 Å². The molecule has 17 heavy (non-hydrogen) atoms. The molecule has 0 bridgehead atoms. The number of rotatable bonds is 5. The Hall–Kier alpha value is -1.53. The lowest BCUT2D eigenvalue weighted by molar-refractivity contribution is 0.245. The van der Waals surface area contributed by atoms with E-state index in [0.717, 1.165) is 32.0 Å². The van der Waals surface area contributed by atoms with Crippen LogP contribution in [0.25, 0.3) is 0 Å². The minimum Gasteiger partial charge on any atom is -0.493 e. The monoisotopic (exact) mass is 230 g/mol. The molecule has 0 radical (unpaired) electrons. The topological polar surface area (TPSA) is 36.3 Å². The third kappa shape index (κ3) is 2.78. The van der Waals surface area contributed by atoms with E-state index in [1.165, 1.54) is 5.56 Å². The molecule has 1 aromatic rings. The summed E-state index contributed by atoms with van der Waals surface area (Å²) in [5, 5.41) is 8.63. The third-order valence-corrected chi connectivity index (χ3v) is 3.26. The number of nitrogens with zero attached hydrogens (tertiary/aromatic N) is 2. The van der Waals surface area contributed by atoms with Gasteiger partial charge in [0.25, 0.3) is 0 Å². The van der Waals surface area contributed by atoms with Crippen molar-refractivity contribution in [2.24, 2.45) is 0 Å². The summed E-state index contributed by atoms with van der Waals surface area (Å²) >= 11 is 0. The van der Waals surface area contributed by atoms with E-state index in [-0.39, 0.29) is 0 Å². The minimum atomic E-state index is 0.449. The largest absolute Gasteiger partial charge is 0.493 e. The first-order valence-electron chi connectivity index (χ1n) is 6.16. The fourth-order valence-electron chi connectivity index (χ4n) is 2.28. The lowest BCUT2D eigenvalue weighted by atomic mass is 10.0. The van der Waals surface area contributed by atoms with E-state index in [4.69, 9.17) is 10.00 Å². The molecule has 0 saturated heterocycles. The van der Waals surface area contributed by atoms with Crippen LogP contribution in [0.5, 0.6) is 5.75 Å². The van der Waals surface area contributed by atoms with Crippen LogP contribution in [0.3, 0.4) is 0 Å². The number of nitriles is 1. The van der Waals surface area contributed by atoms with Crippen LogP contribution in [0.2, 0.25) is 0 Å². The quantitative estimate of drug-likeness (QED) is 0.779. The first kappa shape index (κ1) is 11.9. The highest BCUT2D eigenvalue weighted by molar-refractivity contribution is 5.39. The van der Waals surface area contributed by atoms with Crippen LogP contribution in [0.15, 0.2) is 24.3 Å². The van der Waals surface area contributed by atoms with Crippen molar-refractivity contribution in [1.29, 1.82) is 5.26 Å². The molecule has 1 heterocycles. The van der Waals surface area contributed by atoms with Crippen molar-refractivity contribution in [3.63, 3.8) is 0 Å². The maximum absolute atomic E-state index is 8.63. The summed E-state index contributed by atoms with van der Waals surface area (Å²) < 4.78 is 5.67. The van der Waals surface area contributed by atoms with Crippen LogP contribution in [0.4, 0.5) is 0 Å². The van der Waals surface area contributed by atoms with Crippen molar-refractivity contribution in [3.8, 4) is 11.8 Å². The zero-order chi connectivity index (χ0) is 12.1. The smallest absolute Gasteiger partial charge is 0.122 e. The summed E-state index contributed by atoms with van der Waals surface area (Å²) in [6.45, 7) is 5.72. The molecule has 0 aromatic heterocycles. The second kappa shape index (κ2) is 5.70. The highest BCUT2D eigenvalue weighted by Gasteiger charge is 2.24. The summed E-state index contributed by atoms with van der Waals surface area (Å²) in [6.07, 6.45) is 0.600. The molecule has 0 amide bonds. The Balaban J connectivity index is 1.98. The summed E-state index contributed by atoms with van der Waals surface area (Å²) in [5.41, 5.74) is 1.31. The van der Waals surface area contributed by atoms with Crippen LogP contribution in [0.1, 0.15) is 24.8 Å². The molecule has 0 spiro atoms. The van der Waals surface area contributed by atoms with E-state index in [2.05, 4.69) is 30.0 Å². The molecule has 2 rings (SSSR count). The van der Waals surface area contributed by atoms with Gasteiger partial charge in [-0.3, -0.25) is 0 Å². The number of fused-ring (bicyclic) bond motifs is 1. The molecule has 3 heteroatoms. The van der Waals surface area contributed by atoms with Gasteiger partial charge in [0.2, 0.25) is 0 Å². The molecule has 1 aliphatic heterocycles. The zero-order valence-electron chi connectivity index (χ0n) is 10.2. The summed E-state index contributed by atoms with van der Waals surface area (Å²) in [6, 6.07) is 10.4. The summed E-state index contributed by atoms with van der Waals surface area (Å²) in [5.74, 6) is 1.47. The van der Waals surface area contributed by atoms with E-state index < -0.39 is 0 Å². The maximum Gasteiger partial charge on any atom is 0.122 e. The maximum atomic E-state index is 8.63. The number of ether oxygens (including phenoxy) is 1. The van der Waals surface area contributed by atoms with Gasteiger partial charge in [0.15, 0.2) is 0 Å². The lowest BCUT2D eigenvalue weighted by Gasteiger charge is -2.22. The molecule has 0 saturated carbocycles. The SMILES string of the molecule is CCN(CCC#N)CC1COc2ccccc21. The van der Waals surface area contributed by atoms with Crippen molar-refractivity contribution in [1.82, 2.24) is 4.90 Å². The molecule has 1 aliphatic rings. The van der Waals surface area contributed by atoms with Gasteiger partial charge >= 0.3 is 0 Å². The van der Waals surface area contributed by atoms with Crippen molar-refractivity contribution >= 4 is 0 Å². The van der Waals surface area contributed by atoms with Crippen molar-refractivity contribution in [3.05, 3.63) is 29.8 Å². The fraction of sp³-hybridized carbons (Fsp3) is 0.500. The van der Waals surface area contributed by atoms with Gasteiger partial charge in [-0.05, 0) is 12.6 Å². The molecular formula is C14H18N2O. The standard InChI is InChI=1S/C14H18N2O/c1-2-16(9-5-8-15)10-12-11-17-14-7-4-3-6-13(12)14/h3-4,6-7,12H,2,5,9-11H2,1H3. The Labute approximate surface area is 103 Å². The van der Waals surface area contributed by atoms with Crippen LogP contribution < -0.4 is 4.74 Å². The Morgan fingerprint density at radius 1 is 1.47 bits per heavy atom. The molecule has 0 N–H and O–H groups in total. The summed E-state index contributed by atoms with van der Waals surface area (Å²) in [7, 11) is 0. The number of hydrogen-bond donors (Lipinski definition) is 0. The normalized spacial score (nSPS) is 17.6. The number of likely N-dealkylation sites (N-methyl/N-ethyl adjacent to an activating group) is 1. The van der Waals surface area contributed by atoms with E-state index in [0.29, 0.717) is 12.3 Å². The second-order valence-corrected chi connectivity index (χ2v) is 4.35. The van der Waals surface area contributed by atoms with Gasteiger partial charge in [-0.15, -0.1) is 0 Å². The Kier molecular flexibility index (Phi) is 4.00. The first-order valence-corrected chi connectivity index (χ1v) is 6.16. The van der Waals surface area contributed by atoms with Gasteiger partial charge < -0.3 is 9.64 Å². The van der Waals surface area contributed by atoms with Gasteiger partial charge in [-0.2, -0.15) is 5.26 Å². The first-order chi connectivity index (χ1) is 8.35. The molecule has 1 atom stereocenters. The fourth-order valence-corrected chi connectivity index (χ4v) is 2.28. The zero-order valence-corrected chi connectivity index (χ0v) is 10.2. The Bertz CT molecular complexity index is 411. The molecular weight excluding hydrogens is 212 g/mol. The molecule has 90 valence electrons. The van der Waals surface area contributed by atoms with Crippen molar-refractivity contribution < 1.29 is 4.74 Å². The van der Waals surface area contributed by atoms with Crippen molar-refractivity contribution in [2.75, 3.05) is 26.2 Å². The van der Waals surface area contributed by atoms with E-state index in [1.54, 1.807) is 0 Å². The van der Waals surface area contributed by atoms with E-state index in [9.17, 15) is 0 Å². The van der Waals surface area contributed by atoms with Crippen LogP contribution >= 0.6 is 0 Å². The van der Waals surface area contributed by atoms with Gasteiger partial charge in [-0.25, -0.2) is 0 Å². The number of para-hydroxylation sites is 1. The van der Waals surface area contributed by atoms with Gasteiger partial charge in [0, 0.05) is 31.0 Å². The minimum absolute atomic E-state index is 0.449. The van der Waals surface area contributed by atoms with Gasteiger partial charge in [0.1, 0.15) is 5.75 Å². The van der Waals surface area contributed by atoms with E-state index in [1.807, 2.05) is 12.1 Å². The molecule has 1 aromatic carbocycles. The average Bonchev–Trinajstić information content (AvgIpc) is 2.78. The van der Waals surface area contributed by atoms with Crippen LogP contribution in [0, 0.1) is 11.3 Å². The third-order valence-electron chi connectivity index (χ3n) is 3.26. The molecule has 1 unspecified atom stereocenters. The average molecular weight is 230 g/mol. The number of hydrogen-bond acceptors (Lipinski definition) is 3. The second-order valence-electron chi connectivity index (χ2n) is 4.35. The lowest BCUT2D eigenvalue weighted by Crippen LogP contribution is -2.30. The van der Waals surface area contributed by atoms with E-state index >= 15 is 0 Å². The Morgan fingerprint density at radius 2 is 2.29 bits per heavy atom.